The highest BCUT2D eigenvalue weighted by Crippen LogP contribution is 2.24. The fourth-order valence-corrected chi connectivity index (χ4v) is 2.35. The van der Waals surface area contributed by atoms with Crippen molar-refractivity contribution in [3.63, 3.8) is 0 Å². The second-order valence-electron chi connectivity index (χ2n) is 3.96. The number of halogens is 2. The lowest BCUT2D eigenvalue weighted by atomic mass is 10.2. The molecule has 1 aromatic carbocycles. The third-order valence-corrected chi connectivity index (χ3v) is 3.51. The Bertz CT molecular complexity index is 748. The summed E-state index contributed by atoms with van der Waals surface area (Å²) in [6.07, 6.45) is 1.54. The first-order valence-electron chi connectivity index (χ1n) is 5.66. The summed E-state index contributed by atoms with van der Waals surface area (Å²) >= 11 is 8.10. The van der Waals surface area contributed by atoms with Crippen LogP contribution in [0.15, 0.2) is 51.5 Å². The molecule has 0 N–H and O–H groups in total. The molecule has 100 valence electrons. The Morgan fingerprint density at radius 3 is 2.70 bits per heavy atom. The smallest absolute Gasteiger partial charge is 0.363 e. The molecular weight excluding hydrogens is 393 g/mol. The van der Waals surface area contributed by atoms with E-state index in [0.29, 0.717) is 16.3 Å². The van der Waals surface area contributed by atoms with Gasteiger partial charge in [0.1, 0.15) is 5.76 Å². The third-order valence-electron chi connectivity index (χ3n) is 2.60. The Morgan fingerprint density at radius 1 is 1.20 bits per heavy atom. The summed E-state index contributed by atoms with van der Waals surface area (Å²) < 4.78 is 11.2. The molecule has 0 fully saturated rings. The van der Waals surface area contributed by atoms with E-state index in [9.17, 15) is 4.79 Å². The van der Waals surface area contributed by atoms with E-state index in [1.807, 2.05) is 22.6 Å². The molecule has 1 aromatic heterocycles. The number of rotatable bonds is 2. The molecule has 20 heavy (non-hydrogen) atoms. The largest absolute Gasteiger partial charge is 0.451 e. The van der Waals surface area contributed by atoms with Crippen molar-refractivity contribution >= 4 is 52.1 Å². The van der Waals surface area contributed by atoms with Crippen LogP contribution in [0, 0.1) is 3.77 Å². The first-order valence-corrected chi connectivity index (χ1v) is 7.12. The summed E-state index contributed by atoms with van der Waals surface area (Å²) in [7, 11) is 0. The molecule has 0 amide bonds. The van der Waals surface area contributed by atoms with Crippen molar-refractivity contribution in [2.24, 2.45) is 4.99 Å². The average molecular weight is 400 g/mol. The number of carbonyl (C=O) groups excluding carboxylic acids is 1. The van der Waals surface area contributed by atoms with Gasteiger partial charge < -0.3 is 9.15 Å². The zero-order valence-corrected chi connectivity index (χ0v) is 12.9. The van der Waals surface area contributed by atoms with Gasteiger partial charge in [0, 0.05) is 6.08 Å². The van der Waals surface area contributed by atoms with Gasteiger partial charge in [-0.1, -0.05) is 23.7 Å². The number of cyclic esters (lactones) is 1. The fraction of sp³-hybridized carbons (Fsp3) is 0. The molecule has 0 atom stereocenters. The van der Waals surface area contributed by atoms with Gasteiger partial charge in [-0.25, -0.2) is 9.79 Å². The lowest BCUT2D eigenvalue weighted by Crippen LogP contribution is -2.05. The first-order chi connectivity index (χ1) is 9.63. The molecule has 4 nitrogen and oxygen atoms in total. The Morgan fingerprint density at radius 2 is 2.00 bits per heavy atom. The first kappa shape index (κ1) is 13.4. The number of esters is 1. The molecule has 2 aromatic rings. The lowest BCUT2D eigenvalue weighted by molar-refractivity contribution is -0.129. The van der Waals surface area contributed by atoms with Crippen LogP contribution < -0.4 is 0 Å². The van der Waals surface area contributed by atoms with Crippen molar-refractivity contribution in [3.8, 4) is 0 Å². The van der Waals surface area contributed by atoms with Crippen LogP contribution in [0.1, 0.15) is 11.3 Å². The number of nitrogens with zero attached hydrogens (tertiary/aromatic N) is 1. The quantitative estimate of drug-likeness (QED) is 0.437. The Balaban J connectivity index is 1.97. The number of furan rings is 1. The number of ether oxygens (including phenoxy) is 1. The summed E-state index contributed by atoms with van der Waals surface area (Å²) in [5, 5.41) is 0.479. The van der Waals surface area contributed by atoms with Gasteiger partial charge in [0.2, 0.25) is 5.90 Å². The van der Waals surface area contributed by atoms with Crippen molar-refractivity contribution in [1.29, 1.82) is 0 Å². The van der Waals surface area contributed by atoms with Crippen molar-refractivity contribution in [1.82, 2.24) is 0 Å². The Hall–Kier alpha value is -1.60. The summed E-state index contributed by atoms with van der Waals surface area (Å²) in [4.78, 5) is 16.0. The van der Waals surface area contributed by atoms with E-state index >= 15 is 0 Å². The van der Waals surface area contributed by atoms with Gasteiger partial charge in [0.25, 0.3) is 0 Å². The predicted molar refractivity (Wildman–Crippen MR) is 83.5 cm³/mol. The van der Waals surface area contributed by atoms with Gasteiger partial charge in [0.15, 0.2) is 9.46 Å². The van der Waals surface area contributed by atoms with E-state index < -0.39 is 5.97 Å². The molecule has 0 saturated heterocycles. The summed E-state index contributed by atoms with van der Waals surface area (Å²) in [6, 6.07) is 10.6. The van der Waals surface area contributed by atoms with Crippen molar-refractivity contribution in [3.05, 3.63) is 62.2 Å². The zero-order valence-electron chi connectivity index (χ0n) is 9.97. The normalized spacial score (nSPS) is 16.4. The van der Waals surface area contributed by atoms with Crippen LogP contribution in [0.25, 0.3) is 6.08 Å². The number of aliphatic imine (C=N–C) groups is 1. The number of hydrogen-bond acceptors (Lipinski definition) is 4. The second-order valence-corrected chi connectivity index (χ2v) is 5.43. The van der Waals surface area contributed by atoms with Crippen molar-refractivity contribution in [2.45, 2.75) is 0 Å². The maximum absolute atomic E-state index is 11.8. The highest BCUT2D eigenvalue weighted by atomic mass is 127. The van der Waals surface area contributed by atoms with E-state index in [2.05, 4.69) is 4.99 Å². The van der Waals surface area contributed by atoms with Crippen molar-refractivity contribution in [2.75, 3.05) is 0 Å². The molecule has 1 aliphatic rings. The lowest BCUT2D eigenvalue weighted by Gasteiger charge is -2.00. The molecule has 0 bridgehead atoms. The Kier molecular flexibility index (Phi) is 3.62. The van der Waals surface area contributed by atoms with E-state index in [-0.39, 0.29) is 11.6 Å². The standard InChI is InChI=1S/C14H7ClINO3/c15-10-4-2-1-3-9(10)13-17-11(14(18)20-13)7-8-5-6-12(16)19-8/h1-7H. The van der Waals surface area contributed by atoms with E-state index in [4.69, 9.17) is 20.8 Å². The minimum absolute atomic E-state index is 0.186. The third kappa shape index (κ3) is 2.64. The van der Waals surface area contributed by atoms with Crippen molar-refractivity contribution < 1.29 is 13.9 Å². The molecule has 0 saturated carbocycles. The van der Waals surface area contributed by atoms with Gasteiger partial charge in [0.05, 0.1) is 10.6 Å². The highest BCUT2D eigenvalue weighted by Gasteiger charge is 2.25. The van der Waals surface area contributed by atoms with Crippen LogP contribution in [-0.2, 0) is 9.53 Å². The van der Waals surface area contributed by atoms with Gasteiger partial charge in [-0.15, -0.1) is 0 Å². The molecular formula is C14H7ClINO3. The molecule has 2 heterocycles. The second kappa shape index (κ2) is 5.41. The van der Waals surface area contributed by atoms with Crippen LogP contribution >= 0.6 is 34.2 Å². The van der Waals surface area contributed by atoms with E-state index in [0.717, 1.165) is 3.77 Å². The number of benzene rings is 1. The van der Waals surface area contributed by atoms with E-state index in [1.54, 1.807) is 36.4 Å². The van der Waals surface area contributed by atoms with Crippen LogP contribution in [0.4, 0.5) is 0 Å². The molecule has 1 aliphatic heterocycles. The van der Waals surface area contributed by atoms with Crippen LogP contribution in [-0.4, -0.2) is 11.9 Å². The molecule has 0 spiro atoms. The van der Waals surface area contributed by atoms with Gasteiger partial charge in [-0.2, -0.15) is 0 Å². The maximum atomic E-state index is 11.8. The summed E-state index contributed by atoms with van der Waals surface area (Å²) in [5.41, 5.74) is 0.769. The molecule has 0 radical (unpaired) electrons. The maximum Gasteiger partial charge on any atom is 0.363 e. The van der Waals surface area contributed by atoms with E-state index in [1.165, 1.54) is 6.08 Å². The average Bonchev–Trinajstić information content (AvgIpc) is 2.98. The number of hydrogen-bond donors (Lipinski definition) is 0. The molecule has 0 aliphatic carbocycles. The molecule has 0 unspecified atom stereocenters. The zero-order chi connectivity index (χ0) is 14.1. The topological polar surface area (TPSA) is 51.8 Å². The van der Waals surface area contributed by atoms with Gasteiger partial charge in [-0.05, 0) is 46.9 Å². The fourth-order valence-electron chi connectivity index (χ4n) is 1.70. The number of carbonyl (C=O) groups is 1. The summed E-state index contributed by atoms with van der Waals surface area (Å²) in [6.45, 7) is 0. The predicted octanol–water partition coefficient (Wildman–Crippen LogP) is 3.88. The summed E-state index contributed by atoms with van der Waals surface area (Å²) in [5.74, 6) is 0.227. The highest BCUT2D eigenvalue weighted by molar-refractivity contribution is 14.1. The van der Waals surface area contributed by atoms with Crippen LogP contribution in [0.5, 0.6) is 0 Å². The van der Waals surface area contributed by atoms with Gasteiger partial charge >= 0.3 is 5.97 Å². The monoisotopic (exact) mass is 399 g/mol. The minimum atomic E-state index is -0.522. The molecule has 3 rings (SSSR count). The van der Waals surface area contributed by atoms with Crippen LogP contribution in [0.2, 0.25) is 5.02 Å². The molecule has 6 heteroatoms. The minimum Gasteiger partial charge on any atom is -0.451 e. The Labute approximate surface area is 133 Å². The SMILES string of the molecule is O=C1OC(c2ccccc2Cl)=NC1=Cc1ccc(I)o1. The van der Waals surface area contributed by atoms with Crippen LogP contribution in [0.3, 0.4) is 0 Å². The van der Waals surface area contributed by atoms with Gasteiger partial charge in [-0.3, -0.25) is 0 Å².